The van der Waals surface area contributed by atoms with Crippen LogP contribution in [0, 0.1) is 0 Å². The molecule has 0 aliphatic heterocycles. The summed E-state index contributed by atoms with van der Waals surface area (Å²) >= 11 is 0. The van der Waals surface area contributed by atoms with Gasteiger partial charge in [0.25, 0.3) is 0 Å². The lowest BCUT2D eigenvalue weighted by atomic mass is 10.2. The minimum atomic E-state index is -0.349. The van der Waals surface area contributed by atoms with Crippen LogP contribution in [0.3, 0.4) is 0 Å². The number of pyridine rings is 1. The number of aromatic nitrogens is 1. The monoisotopic (exact) mass is 284 g/mol. The van der Waals surface area contributed by atoms with Crippen LogP contribution >= 0.6 is 0 Å². The van der Waals surface area contributed by atoms with Crippen LogP contribution in [0.25, 0.3) is 0 Å². The van der Waals surface area contributed by atoms with Gasteiger partial charge in [0.2, 0.25) is 5.43 Å². The summed E-state index contributed by atoms with van der Waals surface area (Å²) in [5.74, 6) is -0.230. The first-order chi connectivity index (χ1) is 10.1. The number of hydrogen-bond donors (Lipinski definition) is 1. The molecule has 4 heteroatoms. The van der Waals surface area contributed by atoms with Crippen LogP contribution in [0.2, 0.25) is 0 Å². The third kappa shape index (κ3) is 4.07. The van der Waals surface area contributed by atoms with Gasteiger partial charge in [0.05, 0.1) is 6.20 Å². The summed E-state index contributed by atoms with van der Waals surface area (Å²) in [7, 11) is 2.00. The van der Waals surface area contributed by atoms with E-state index in [0.717, 1.165) is 12.2 Å². The van der Waals surface area contributed by atoms with Gasteiger partial charge in [-0.2, -0.15) is 0 Å². The average Bonchev–Trinajstić information content (AvgIpc) is 2.45. The highest BCUT2D eigenvalue weighted by Crippen LogP contribution is 2.10. The Morgan fingerprint density at radius 2 is 2.00 bits per heavy atom. The molecule has 1 aromatic heterocycles. The van der Waals surface area contributed by atoms with E-state index in [9.17, 15) is 9.90 Å². The van der Waals surface area contributed by atoms with Crippen LogP contribution in [0.4, 0.5) is 0 Å². The second-order valence-electron chi connectivity index (χ2n) is 5.11. The first-order valence-electron chi connectivity index (χ1n) is 6.86. The third-order valence-electron chi connectivity index (χ3n) is 3.25. The van der Waals surface area contributed by atoms with Crippen molar-refractivity contribution in [3.8, 4) is 5.75 Å². The average molecular weight is 284 g/mol. The van der Waals surface area contributed by atoms with Gasteiger partial charge in [-0.05, 0) is 12.6 Å². The number of aromatic hydroxyl groups is 1. The van der Waals surface area contributed by atoms with E-state index >= 15 is 0 Å². The van der Waals surface area contributed by atoms with E-state index in [4.69, 9.17) is 0 Å². The molecule has 1 N–H and O–H groups in total. The fourth-order valence-electron chi connectivity index (χ4n) is 2.28. The highest BCUT2D eigenvalue weighted by atomic mass is 16.3. The SMILES string of the molecule is C=CCn1cc(O)c(=O)cc1CN(C)Cc1ccccc1. The van der Waals surface area contributed by atoms with Gasteiger partial charge in [0.1, 0.15) is 0 Å². The predicted octanol–water partition coefficient (Wildman–Crippen LogP) is 2.37. The number of hydrogen-bond acceptors (Lipinski definition) is 3. The molecule has 2 rings (SSSR count). The standard InChI is InChI=1S/C17H20N2O2/c1-3-9-19-13-17(21)16(20)10-15(19)12-18(2)11-14-7-5-4-6-8-14/h3-8,10,13,21H,1,9,11-12H2,2H3. The summed E-state index contributed by atoms with van der Waals surface area (Å²) in [5, 5.41) is 9.54. The molecule has 0 spiro atoms. The van der Waals surface area contributed by atoms with Crippen LogP contribution in [0.15, 0.2) is 60.0 Å². The van der Waals surface area contributed by atoms with E-state index in [-0.39, 0.29) is 11.2 Å². The van der Waals surface area contributed by atoms with Gasteiger partial charge in [0.15, 0.2) is 5.75 Å². The molecule has 0 amide bonds. The highest BCUT2D eigenvalue weighted by Gasteiger charge is 2.08. The number of rotatable bonds is 6. The van der Waals surface area contributed by atoms with Gasteiger partial charge in [-0.25, -0.2) is 0 Å². The van der Waals surface area contributed by atoms with Gasteiger partial charge in [-0.15, -0.1) is 6.58 Å². The van der Waals surface area contributed by atoms with E-state index in [1.165, 1.54) is 17.8 Å². The molecule has 0 aliphatic rings. The molecule has 0 atom stereocenters. The minimum absolute atomic E-state index is 0.230. The molecule has 2 aromatic rings. The van der Waals surface area contributed by atoms with Gasteiger partial charge in [0, 0.05) is 31.4 Å². The molecule has 4 nitrogen and oxygen atoms in total. The maximum absolute atomic E-state index is 11.6. The Morgan fingerprint density at radius 3 is 2.67 bits per heavy atom. The summed E-state index contributed by atoms with van der Waals surface area (Å²) in [6.07, 6.45) is 3.21. The Morgan fingerprint density at radius 1 is 1.29 bits per heavy atom. The van der Waals surface area contributed by atoms with Crippen LogP contribution in [-0.4, -0.2) is 21.6 Å². The quantitative estimate of drug-likeness (QED) is 0.828. The summed E-state index contributed by atoms with van der Waals surface area (Å²) in [5.41, 5.74) is 1.73. The molecular formula is C17H20N2O2. The zero-order valence-electron chi connectivity index (χ0n) is 12.2. The van der Waals surface area contributed by atoms with Crippen molar-refractivity contribution in [2.24, 2.45) is 0 Å². The van der Waals surface area contributed by atoms with E-state index in [0.29, 0.717) is 13.1 Å². The zero-order valence-corrected chi connectivity index (χ0v) is 12.2. The molecule has 110 valence electrons. The van der Waals surface area contributed by atoms with Gasteiger partial charge >= 0.3 is 0 Å². The molecule has 0 radical (unpaired) electrons. The van der Waals surface area contributed by atoms with Crippen LogP contribution < -0.4 is 5.43 Å². The van der Waals surface area contributed by atoms with Gasteiger partial charge in [-0.1, -0.05) is 36.4 Å². The molecule has 1 aromatic carbocycles. The third-order valence-corrected chi connectivity index (χ3v) is 3.25. The molecule has 0 saturated heterocycles. The zero-order chi connectivity index (χ0) is 15.2. The Bertz CT molecular complexity index is 662. The topological polar surface area (TPSA) is 45.5 Å². The summed E-state index contributed by atoms with van der Waals surface area (Å²) in [6.45, 7) is 5.68. The van der Waals surface area contributed by atoms with Crippen LogP contribution in [0.5, 0.6) is 5.75 Å². The number of allylic oxidation sites excluding steroid dienone is 1. The first-order valence-corrected chi connectivity index (χ1v) is 6.86. The van der Waals surface area contributed by atoms with E-state index in [1.807, 2.05) is 29.8 Å². The second kappa shape index (κ2) is 6.90. The lowest BCUT2D eigenvalue weighted by molar-refractivity contribution is 0.308. The maximum atomic E-state index is 11.6. The number of benzene rings is 1. The normalized spacial score (nSPS) is 10.8. The first kappa shape index (κ1) is 15.1. The molecule has 0 fully saturated rings. The smallest absolute Gasteiger partial charge is 0.223 e. The Balaban J connectivity index is 2.16. The summed E-state index contributed by atoms with van der Waals surface area (Å²) in [4.78, 5) is 13.8. The van der Waals surface area contributed by atoms with Crippen molar-refractivity contribution >= 4 is 0 Å². The molecule has 0 unspecified atom stereocenters. The summed E-state index contributed by atoms with van der Waals surface area (Å²) in [6, 6.07) is 11.6. The fraction of sp³-hybridized carbons (Fsp3) is 0.235. The van der Waals surface area contributed by atoms with Crippen molar-refractivity contribution in [3.63, 3.8) is 0 Å². The van der Waals surface area contributed by atoms with Crippen molar-refractivity contribution in [2.75, 3.05) is 7.05 Å². The van der Waals surface area contributed by atoms with E-state index in [1.54, 1.807) is 6.08 Å². The molecule has 0 saturated carbocycles. The van der Waals surface area contributed by atoms with Gasteiger partial charge < -0.3 is 9.67 Å². The van der Waals surface area contributed by atoms with Crippen molar-refractivity contribution in [1.82, 2.24) is 9.47 Å². The molecule has 0 bridgehead atoms. The van der Waals surface area contributed by atoms with Crippen molar-refractivity contribution < 1.29 is 5.11 Å². The molecule has 0 aliphatic carbocycles. The van der Waals surface area contributed by atoms with Gasteiger partial charge in [-0.3, -0.25) is 9.69 Å². The van der Waals surface area contributed by atoms with Crippen molar-refractivity contribution in [2.45, 2.75) is 19.6 Å². The van der Waals surface area contributed by atoms with Crippen LogP contribution in [-0.2, 0) is 19.6 Å². The Labute approximate surface area is 124 Å². The largest absolute Gasteiger partial charge is 0.503 e. The lowest BCUT2D eigenvalue weighted by Gasteiger charge is -2.20. The van der Waals surface area contributed by atoms with Crippen LogP contribution in [0.1, 0.15) is 11.3 Å². The summed E-state index contributed by atoms with van der Waals surface area (Å²) < 4.78 is 1.84. The predicted molar refractivity (Wildman–Crippen MR) is 84.2 cm³/mol. The number of nitrogens with zero attached hydrogens (tertiary/aromatic N) is 2. The second-order valence-corrected chi connectivity index (χ2v) is 5.11. The molecule has 1 heterocycles. The Hall–Kier alpha value is -2.33. The highest BCUT2D eigenvalue weighted by molar-refractivity contribution is 5.21. The van der Waals surface area contributed by atoms with Crippen molar-refractivity contribution in [3.05, 3.63) is 76.7 Å². The van der Waals surface area contributed by atoms with Crippen molar-refractivity contribution in [1.29, 1.82) is 0 Å². The lowest BCUT2D eigenvalue weighted by Crippen LogP contribution is -2.22. The fourth-order valence-corrected chi connectivity index (χ4v) is 2.28. The van der Waals surface area contributed by atoms with E-state index < -0.39 is 0 Å². The van der Waals surface area contributed by atoms with E-state index in [2.05, 4.69) is 23.6 Å². The minimum Gasteiger partial charge on any atom is -0.503 e. The molecular weight excluding hydrogens is 264 g/mol. The maximum Gasteiger partial charge on any atom is 0.223 e. The Kier molecular flexibility index (Phi) is 4.95. The molecule has 21 heavy (non-hydrogen) atoms.